The number of H-pyrrole nitrogens is 1. The number of anilines is 1. The number of aliphatic carboxylic acids is 1. The van der Waals surface area contributed by atoms with Crippen molar-refractivity contribution in [3.05, 3.63) is 59.8 Å². The molecule has 6 nitrogen and oxygen atoms in total. The lowest BCUT2D eigenvalue weighted by Crippen LogP contribution is -2.52. The van der Waals surface area contributed by atoms with Crippen LogP contribution in [-0.4, -0.2) is 30.5 Å². The zero-order chi connectivity index (χ0) is 21.6. The van der Waals surface area contributed by atoms with Crippen molar-refractivity contribution in [3.8, 4) is 0 Å². The molecule has 2 N–H and O–H groups in total. The molecule has 1 heterocycles. The number of nitrogens with zero attached hydrogens (tertiary/aromatic N) is 1. The van der Waals surface area contributed by atoms with Crippen molar-refractivity contribution < 1.29 is 18.3 Å². The molecule has 3 aromatic rings. The van der Waals surface area contributed by atoms with Gasteiger partial charge in [0.25, 0.3) is 10.0 Å². The highest BCUT2D eigenvalue weighted by Crippen LogP contribution is 2.36. The van der Waals surface area contributed by atoms with Crippen molar-refractivity contribution in [3.63, 3.8) is 0 Å². The number of aromatic nitrogens is 1. The Morgan fingerprint density at radius 3 is 2.21 bits per heavy atom. The van der Waals surface area contributed by atoms with E-state index in [1.54, 1.807) is 57.3 Å². The number of rotatable bonds is 5. The number of aromatic amines is 1. The fourth-order valence-electron chi connectivity index (χ4n) is 3.62. The fraction of sp³-hybridized carbons (Fsp3) is 0.318. The number of nitrogens with one attached hydrogen (secondary N) is 1. The van der Waals surface area contributed by atoms with E-state index in [0.717, 1.165) is 26.3 Å². The third kappa shape index (κ3) is 4.00. The summed E-state index contributed by atoms with van der Waals surface area (Å²) in [5.74, 6) is -1.19. The van der Waals surface area contributed by atoms with Crippen LogP contribution in [0.4, 0.5) is 5.69 Å². The molecule has 0 aliphatic carbocycles. The van der Waals surface area contributed by atoms with Gasteiger partial charge in [0.1, 0.15) is 6.04 Å². The van der Waals surface area contributed by atoms with Crippen LogP contribution in [0, 0.1) is 19.3 Å². The summed E-state index contributed by atoms with van der Waals surface area (Å²) in [5.41, 5.74) is 1.92. The predicted molar refractivity (Wildman–Crippen MR) is 115 cm³/mol. The van der Waals surface area contributed by atoms with E-state index in [4.69, 9.17) is 0 Å². The maximum Gasteiger partial charge on any atom is 0.328 e. The summed E-state index contributed by atoms with van der Waals surface area (Å²) in [4.78, 5) is 15.4. The summed E-state index contributed by atoms with van der Waals surface area (Å²) in [6, 6.07) is 10.7. The molecule has 154 valence electrons. The van der Waals surface area contributed by atoms with Gasteiger partial charge < -0.3 is 10.1 Å². The molecule has 1 aromatic heterocycles. The zero-order valence-corrected chi connectivity index (χ0v) is 18.0. The van der Waals surface area contributed by atoms with Crippen LogP contribution in [0.3, 0.4) is 0 Å². The molecular weight excluding hydrogens is 388 g/mol. The van der Waals surface area contributed by atoms with Gasteiger partial charge in [-0.3, -0.25) is 4.31 Å². The van der Waals surface area contributed by atoms with Crippen LogP contribution >= 0.6 is 0 Å². The summed E-state index contributed by atoms with van der Waals surface area (Å²) < 4.78 is 28.6. The van der Waals surface area contributed by atoms with Crippen molar-refractivity contribution in [2.24, 2.45) is 5.41 Å². The van der Waals surface area contributed by atoms with E-state index in [2.05, 4.69) is 4.98 Å². The van der Waals surface area contributed by atoms with Crippen molar-refractivity contribution in [2.75, 3.05) is 4.31 Å². The van der Waals surface area contributed by atoms with Gasteiger partial charge in [-0.1, -0.05) is 26.8 Å². The molecular formula is C22H26N2O4S. The largest absolute Gasteiger partial charge is 0.480 e. The Hall–Kier alpha value is -2.80. The van der Waals surface area contributed by atoms with Crippen LogP contribution in [0.5, 0.6) is 0 Å². The normalized spacial score (nSPS) is 13.4. The molecule has 7 heteroatoms. The van der Waals surface area contributed by atoms with Crippen LogP contribution in [0.25, 0.3) is 10.9 Å². The quantitative estimate of drug-likeness (QED) is 0.644. The molecule has 0 aliphatic heterocycles. The van der Waals surface area contributed by atoms with E-state index < -0.39 is 27.4 Å². The third-order valence-corrected chi connectivity index (χ3v) is 6.60. The highest BCUT2D eigenvalue weighted by atomic mass is 32.2. The molecule has 3 rings (SSSR count). The molecule has 0 saturated heterocycles. The summed E-state index contributed by atoms with van der Waals surface area (Å²) in [6.07, 6.45) is 1.76. The van der Waals surface area contributed by atoms with E-state index in [9.17, 15) is 18.3 Å². The van der Waals surface area contributed by atoms with E-state index in [-0.39, 0.29) is 4.90 Å². The Morgan fingerprint density at radius 2 is 1.66 bits per heavy atom. The van der Waals surface area contributed by atoms with E-state index >= 15 is 0 Å². The van der Waals surface area contributed by atoms with Crippen LogP contribution in [0.15, 0.2) is 53.6 Å². The number of hydrogen-bond acceptors (Lipinski definition) is 3. The molecule has 0 saturated carbocycles. The van der Waals surface area contributed by atoms with Crippen LogP contribution < -0.4 is 4.31 Å². The molecule has 0 spiro atoms. The Kier molecular flexibility index (Phi) is 5.21. The van der Waals surface area contributed by atoms with Gasteiger partial charge in [-0.15, -0.1) is 0 Å². The van der Waals surface area contributed by atoms with Crippen molar-refractivity contribution in [1.29, 1.82) is 0 Å². The number of fused-ring (bicyclic) bond motifs is 1. The van der Waals surface area contributed by atoms with Gasteiger partial charge in [0.05, 0.1) is 10.6 Å². The number of carboxylic acids is 1. The lowest BCUT2D eigenvalue weighted by Gasteiger charge is -2.37. The van der Waals surface area contributed by atoms with Gasteiger partial charge in [0.15, 0.2) is 0 Å². The first-order valence-corrected chi connectivity index (χ1v) is 10.8. The van der Waals surface area contributed by atoms with E-state index in [1.165, 1.54) is 0 Å². The second-order valence-corrected chi connectivity index (χ2v) is 10.3. The summed E-state index contributed by atoms with van der Waals surface area (Å²) in [5, 5.41) is 10.8. The summed E-state index contributed by atoms with van der Waals surface area (Å²) in [6.45, 7) is 8.82. The van der Waals surface area contributed by atoms with Crippen molar-refractivity contribution >= 4 is 32.6 Å². The van der Waals surface area contributed by atoms with Crippen molar-refractivity contribution in [2.45, 2.75) is 45.6 Å². The SMILES string of the molecule is Cc1cc(C)cc(S(=O)(=O)N(c2ccc3[nH]ccc3c2)C(C(=O)O)C(C)(C)C)c1. The Morgan fingerprint density at radius 1 is 1.03 bits per heavy atom. The van der Waals surface area contributed by atoms with E-state index in [1.807, 2.05) is 26.0 Å². The first-order valence-electron chi connectivity index (χ1n) is 9.34. The number of sulfonamides is 1. The second-order valence-electron chi connectivity index (χ2n) is 8.48. The molecule has 2 aromatic carbocycles. The van der Waals surface area contributed by atoms with Gasteiger partial charge >= 0.3 is 5.97 Å². The van der Waals surface area contributed by atoms with Crippen molar-refractivity contribution in [1.82, 2.24) is 4.98 Å². The number of carbonyl (C=O) groups is 1. The van der Waals surface area contributed by atoms with E-state index in [0.29, 0.717) is 5.69 Å². The molecule has 0 amide bonds. The van der Waals surface area contributed by atoms with Gasteiger partial charge in [-0.25, -0.2) is 13.2 Å². The second kappa shape index (κ2) is 7.22. The molecule has 0 fully saturated rings. The first-order chi connectivity index (χ1) is 13.4. The minimum atomic E-state index is -4.14. The molecule has 1 atom stereocenters. The maximum absolute atomic E-state index is 13.8. The molecule has 0 aliphatic rings. The first kappa shape index (κ1) is 20.9. The zero-order valence-electron chi connectivity index (χ0n) is 17.2. The number of benzene rings is 2. The number of hydrogen-bond donors (Lipinski definition) is 2. The van der Waals surface area contributed by atoms with Gasteiger partial charge in [-0.05, 0) is 66.8 Å². The predicted octanol–water partition coefficient (Wildman–Crippen LogP) is 4.48. The summed E-state index contributed by atoms with van der Waals surface area (Å²) in [7, 11) is -4.14. The standard InChI is InChI=1S/C22H26N2O4S/c1-14-10-15(2)12-18(11-14)29(27,28)24(20(21(25)26)22(3,4)5)17-6-7-19-16(13-17)8-9-23-19/h6-13,20,23H,1-5H3,(H,25,26). The van der Waals surface area contributed by atoms with Gasteiger partial charge in [-0.2, -0.15) is 0 Å². The topological polar surface area (TPSA) is 90.5 Å². The molecule has 0 radical (unpaired) electrons. The van der Waals surface area contributed by atoms with Gasteiger partial charge in [0, 0.05) is 17.1 Å². The van der Waals surface area contributed by atoms with Gasteiger partial charge in [0.2, 0.25) is 0 Å². The lowest BCUT2D eigenvalue weighted by atomic mass is 9.86. The average Bonchev–Trinajstić information content (AvgIpc) is 3.04. The monoisotopic (exact) mass is 414 g/mol. The Bertz CT molecular complexity index is 1150. The Labute approximate surface area is 171 Å². The lowest BCUT2D eigenvalue weighted by molar-refractivity contribution is -0.140. The minimum Gasteiger partial charge on any atom is -0.480 e. The maximum atomic E-state index is 13.8. The Balaban J connectivity index is 2.30. The average molecular weight is 415 g/mol. The highest BCUT2D eigenvalue weighted by molar-refractivity contribution is 7.93. The number of aryl methyl sites for hydroxylation is 2. The summed E-state index contributed by atoms with van der Waals surface area (Å²) >= 11 is 0. The third-order valence-electron chi connectivity index (χ3n) is 4.83. The highest BCUT2D eigenvalue weighted by Gasteiger charge is 2.43. The van der Waals surface area contributed by atoms with Crippen LogP contribution in [0.2, 0.25) is 0 Å². The molecule has 29 heavy (non-hydrogen) atoms. The molecule has 0 bridgehead atoms. The minimum absolute atomic E-state index is 0.0830. The van der Waals surface area contributed by atoms with Crippen LogP contribution in [0.1, 0.15) is 31.9 Å². The smallest absolute Gasteiger partial charge is 0.328 e. The number of carboxylic acid groups (broad SMARTS) is 1. The molecule has 1 unspecified atom stereocenters. The fourth-order valence-corrected chi connectivity index (χ4v) is 5.59. The van der Waals surface area contributed by atoms with Crippen LogP contribution in [-0.2, 0) is 14.8 Å².